The van der Waals surface area contributed by atoms with Crippen LogP contribution in [0, 0.1) is 17.0 Å². The van der Waals surface area contributed by atoms with Gasteiger partial charge in [-0.05, 0) is 61.0 Å². The zero-order valence-electron chi connectivity index (χ0n) is 21.2. The highest BCUT2D eigenvalue weighted by molar-refractivity contribution is 6.36. The van der Waals surface area contributed by atoms with Crippen molar-refractivity contribution in [3.05, 3.63) is 129 Å². The van der Waals surface area contributed by atoms with Gasteiger partial charge < -0.3 is 9.47 Å². The predicted octanol–water partition coefficient (Wildman–Crippen LogP) is 7.60. The smallest absolute Gasteiger partial charge is 0.339 e. The number of nitrogens with zero attached hydrogens (tertiary/aromatic N) is 2. The van der Waals surface area contributed by atoms with Crippen molar-refractivity contribution in [3.63, 3.8) is 0 Å². The summed E-state index contributed by atoms with van der Waals surface area (Å²) in [5, 5.41) is 11.6. The number of carbonyl (C=O) groups excluding carboxylic acids is 2. The Morgan fingerprint density at radius 2 is 1.55 bits per heavy atom. The quantitative estimate of drug-likeness (QED) is 0.0843. The molecule has 0 radical (unpaired) electrons. The molecular weight excluding hydrogens is 532 g/mol. The molecule has 0 bridgehead atoms. The van der Waals surface area contributed by atoms with E-state index in [0.29, 0.717) is 38.7 Å². The zero-order chi connectivity index (χ0) is 28.2. The van der Waals surface area contributed by atoms with Crippen LogP contribution in [0.25, 0.3) is 22.2 Å². The number of halogens is 1. The molecule has 8 nitrogen and oxygen atoms in total. The molecule has 0 N–H and O–H groups in total. The normalized spacial score (nSPS) is 10.8. The van der Waals surface area contributed by atoms with Gasteiger partial charge in [-0.1, -0.05) is 48.0 Å². The molecule has 0 saturated heterocycles. The lowest BCUT2D eigenvalue weighted by Crippen LogP contribution is -2.15. The molecule has 0 spiro atoms. The molecule has 5 aromatic rings. The standard InChI is InChI=1S/C31H21ClN2O6/c1-19-7-16-26(32)29-25(17-27(33-30(19)29)20-5-3-2-4-6-20)31(36)39-18-28(35)21-8-12-23(13-9-21)40-24-14-10-22(11-15-24)34(37)38/h2-17H,18H2,1H3. The van der Waals surface area contributed by atoms with Gasteiger partial charge in [0.2, 0.25) is 0 Å². The van der Waals surface area contributed by atoms with E-state index in [1.807, 2.05) is 43.3 Å². The summed E-state index contributed by atoms with van der Waals surface area (Å²) >= 11 is 6.47. The fraction of sp³-hybridized carbons (Fsp3) is 0.0645. The van der Waals surface area contributed by atoms with Crippen molar-refractivity contribution < 1.29 is 24.0 Å². The van der Waals surface area contributed by atoms with E-state index in [1.54, 1.807) is 36.4 Å². The molecule has 5 rings (SSSR count). The van der Waals surface area contributed by atoms with Gasteiger partial charge in [-0.25, -0.2) is 9.78 Å². The molecule has 0 aliphatic carbocycles. The molecule has 0 atom stereocenters. The second kappa shape index (κ2) is 11.3. The molecular formula is C31H21ClN2O6. The molecule has 9 heteroatoms. The largest absolute Gasteiger partial charge is 0.457 e. The Kier molecular flexibility index (Phi) is 7.52. The predicted molar refractivity (Wildman–Crippen MR) is 151 cm³/mol. The van der Waals surface area contributed by atoms with Crippen LogP contribution in [-0.2, 0) is 4.74 Å². The molecule has 198 valence electrons. The fourth-order valence-electron chi connectivity index (χ4n) is 4.12. The molecule has 0 fully saturated rings. The van der Waals surface area contributed by atoms with Crippen molar-refractivity contribution in [3.8, 4) is 22.8 Å². The minimum absolute atomic E-state index is 0.0451. The number of hydrogen-bond acceptors (Lipinski definition) is 7. The first kappa shape index (κ1) is 26.5. The third kappa shape index (κ3) is 5.67. The highest BCUT2D eigenvalue weighted by atomic mass is 35.5. The Labute approximate surface area is 233 Å². The van der Waals surface area contributed by atoms with Gasteiger partial charge in [-0.3, -0.25) is 14.9 Å². The van der Waals surface area contributed by atoms with E-state index in [0.717, 1.165) is 11.1 Å². The van der Waals surface area contributed by atoms with Crippen LogP contribution in [-0.4, -0.2) is 28.3 Å². The maximum atomic E-state index is 13.2. The molecule has 0 aliphatic heterocycles. The molecule has 0 unspecified atom stereocenters. The summed E-state index contributed by atoms with van der Waals surface area (Å²) in [6.07, 6.45) is 0. The Morgan fingerprint density at radius 1 is 0.900 bits per heavy atom. The van der Waals surface area contributed by atoms with Crippen molar-refractivity contribution >= 4 is 39.9 Å². The van der Waals surface area contributed by atoms with E-state index in [1.165, 1.54) is 24.3 Å². The molecule has 40 heavy (non-hydrogen) atoms. The average Bonchev–Trinajstić information content (AvgIpc) is 2.98. The number of ketones is 1. The number of ether oxygens (including phenoxy) is 2. The first-order valence-corrected chi connectivity index (χ1v) is 12.6. The average molecular weight is 553 g/mol. The van der Waals surface area contributed by atoms with Crippen molar-refractivity contribution in [1.82, 2.24) is 4.98 Å². The maximum absolute atomic E-state index is 13.2. The molecule has 4 aromatic carbocycles. The number of non-ortho nitro benzene ring substituents is 1. The van der Waals surface area contributed by atoms with Crippen molar-refractivity contribution in [2.75, 3.05) is 6.61 Å². The number of Topliss-reactive ketones (excluding diaryl/α,β-unsaturated/α-hetero) is 1. The highest BCUT2D eigenvalue weighted by Crippen LogP contribution is 2.32. The van der Waals surface area contributed by atoms with Crippen LogP contribution in [0.15, 0.2) is 97.1 Å². The number of pyridine rings is 1. The minimum atomic E-state index is -0.691. The van der Waals surface area contributed by atoms with Crippen LogP contribution in [0.2, 0.25) is 5.02 Å². The van der Waals surface area contributed by atoms with Crippen molar-refractivity contribution in [2.24, 2.45) is 0 Å². The maximum Gasteiger partial charge on any atom is 0.339 e. The molecule has 0 amide bonds. The van der Waals surface area contributed by atoms with Crippen LogP contribution >= 0.6 is 11.6 Å². The van der Waals surface area contributed by atoms with Crippen LogP contribution < -0.4 is 4.74 Å². The second-order valence-corrected chi connectivity index (χ2v) is 9.29. The lowest BCUT2D eigenvalue weighted by atomic mass is 10.0. The van der Waals surface area contributed by atoms with Gasteiger partial charge in [0.05, 0.1) is 26.7 Å². The number of aromatic nitrogens is 1. The highest BCUT2D eigenvalue weighted by Gasteiger charge is 2.20. The number of esters is 1. The third-order valence-corrected chi connectivity index (χ3v) is 6.51. The SMILES string of the molecule is Cc1ccc(Cl)c2c(C(=O)OCC(=O)c3ccc(Oc4ccc([N+](=O)[O-])cc4)cc3)cc(-c3ccccc3)nc12. The number of fused-ring (bicyclic) bond motifs is 1. The van der Waals surface area contributed by atoms with E-state index < -0.39 is 23.3 Å². The van der Waals surface area contributed by atoms with Gasteiger partial charge in [-0.15, -0.1) is 0 Å². The third-order valence-electron chi connectivity index (χ3n) is 6.19. The van der Waals surface area contributed by atoms with Gasteiger partial charge in [0, 0.05) is 28.6 Å². The summed E-state index contributed by atoms with van der Waals surface area (Å²) in [6, 6.07) is 26.5. The summed E-state index contributed by atoms with van der Waals surface area (Å²) in [6.45, 7) is 1.41. The van der Waals surface area contributed by atoms with Gasteiger partial charge in [0.25, 0.3) is 5.69 Å². The summed E-state index contributed by atoms with van der Waals surface area (Å²) in [7, 11) is 0. The fourth-order valence-corrected chi connectivity index (χ4v) is 4.38. The van der Waals surface area contributed by atoms with Crippen LogP contribution in [0.3, 0.4) is 0 Å². The molecule has 0 aliphatic rings. The lowest BCUT2D eigenvalue weighted by Gasteiger charge is -2.13. The van der Waals surface area contributed by atoms with E-state index in [9.17, 15) is 19.7 Å². The van der Waals surface area contributed by atoms with E-state index in [2.05, 4.69) is 0 Å². The van der Waals surface area contributed by atoms with Crippen LogP contribution in [0.5, 0.6) is 11.5 Å². The number of nitro groups is 1. The van der Waals surface area contributed by atoms with E-state index >= 15 is 0 Å². The lowest BCUT2D eigenvalue weighted by molar-refractivity contribution is -0.384. The summed E-state index contributed by atoms with van der Waals surface area (Å²) in [4.78, 5) is 41.1. The van der Waals surface area contributed by atoms with Gasteiger partial charge in [0.1, 0.15) is 11.5 Å². The number of benzene rings is 4. The minimum Gasteiger partial charge on any atom is -0.457 e. The number of nitro benzene ring substituents is 1. The topological polar surface area (TPSA) is 109 Å². The summed E-state index contributed by atoms with van der Waals surface area (Å²) < 4.78 is 11.1. The van der Waals surface area contributed by atoms with E-state index in [-0.39, 0.29) is 11.3 Å². The summed E-state index contributed by atoms with van der Waals surface area (Å²) in [5.41, 5.74) is 3.33. The first-order valence-electron chi connectivity index (χ1n) is 12.2. The van der Waals surface area contributed by atoms with Gasteiger partial charge in [0.15, 0.2) is 12.4 Å². The van der Waals surface area contributed by atoms with Gasteiger partial charge >= 0.3 is 5.97 Å². The number of carbonyl (C=O) groups is 2. The molecule has 1 heterocycles. The van der Waals surface area contributed by atoms with E-state index in [4.69, 9.17) is 26.1 Å². The zero-order valence-corrected chi connectivity index (χ0v) is 21.9. The Morgan fingerprint density at radius 3 is 2.20 bits per heavy atom. The number of rotatable bonds is 8. The first-order chi connectivity index (χ1) is 19.3. The summed E-state index contributed by atoms with van der Waals surface area (Å²) in [5.74, 6) is -0.251. The monoisotopic (exact) mass is 552 g/mol. The number of aryl methyl sites for hydroxylation is 1. The second-order valence-electron chi connectivity index (χ2n) is 8.89. The Hall–Kier alpha value is -5.08. The van der Waals surface area contributed by atoms with Crippen molar-refractivity contribution in [1.29, 1.82) is 0 Å². The van der Waals surface area contributed by atoms with Crippen molar-refractivity contribution in [2.45, 2.75) is 6.92 Å². The van der Waals surface area contributed by atoms with Crippen LogP contribution in [0.1, 0.15) is 26.3 Å². The number of hydrogen-bond donors (Lipinski definition) is 0. The van der Waals surface area contributed by atoms with Crippen LogP contribution in [0.4, 0.5) is 5.69 Å². The molecule has 0 saturated carbocycles. The Balaban J connectivity index is 1.32. The molecule has 1 aromatic heterocycles. The van der Waals surface area contributed by atoms with Gasteiger partial charge in [-0.2, -0.15) is 0 Å². The Bertz CT molecular complexity index is 1740.